The van der Waals surface area contributed by atoms with Gasteiger partial charge in [-0.05, 0) is 31.0 Å². The van der Waals surface area contributed by atoms with Crippen LogP contribution in [-0.4, -0.2) is 30.9 Å². The van der Waals surface area contributed by atoms with Crippen LogP contribution >= 0.6 is 0 Å². The maximum atomic E-state index is 11.5. The van der Waals surface area contributed by atoms with Crippen molar-refractivity contribution >= 4 is 11.7 Å². The maximum absolute atomic E-state index is 11.5. The number of urea groups is 1. The number of nitrogens with one attached hydrogen (secondary N) is 2. The number of aliphatic hydroxyl groups excluding tert-OH is 1. The Morgan fingerprint density at radius 2 is 2.28 bits per heavy atom. The Balaban J connectivity index is 2.43. The van der Waals surface area contributed by atoms with Crippen molar-refractivity contribution < 1.29 is 14.6 Å². The summed E-state index contributed by atoms with van der Waals surface area (Å²) in [5, 5.41) is 14.0. The summed E-state index contributed by atoms with van der Waals surface area (Å²) in [4.78, 5) is 11.5. The van der Waals surface area contributed by atoms with Gasteiger partial charge in [-0.2, -0.15) is 0 Å². The summed E-state index contributed by atoms with van der Waals surface area (Å²) in [7, 11) is 0. The Morgan fingerprint density at radius 3 is 3.00 bits per heavy atom. The summed E-state index contributed by atoms with van der Waals surface area (Å²) in [6.07, 6.45) is 0.553. The number of carbonyl (C=O) groups is 1. The van der Waals surface area contributed by atoms with Gasteiger partial charge in [-0.3, -0.25) is 0 Å². The lowest BCUT2D eigenvalue weighted by molar-refractivity contribution is 0.134. The molecule has 1 aromatic rings. The summed E-state index contributed by atoms with van der Waals surface area (Å²) in [6, 6.07) is 7.25. The second-order valence-corrected chi connectivity index (χ2v) is 3.80. The Hall–Kier alpha value is -1.59. The number of anilines is 1. The first-order valence-corrected chi connectivity index (χ1v) is 6.08. The summed E-state index contributed by atoms with van der Waals surface area (Å²) >= 11 is 0. The molecule has 0 aromatic heterocycles. The number of hydrogen-bond donors (Lipinski definition) is 3. The molecule has 100 valence electrons. The highest BCUT2D eigenvalue weighted by Crippen LogP contribution is 2.11. The molecule has 0 bridgehead atoms. The third-order valence-electron chi connectivity index (χ3n) is 2.28. The van der Waals surface area contributed by atoms with E-state index < -0.39 is 0 Å². The highest BCUT2D eigenvalue weighted by atomic mass is 16.5. The normalized spacial score (nSPS) is 10.1. The maximum Gasteiger partial charge on any atom is 0.319 e. The molecule has 0 aliphatic carbocycles. The van der Waals surface area contributed by atoms with Crippen molar-refractivity contribution in [2.75, 3.05) is 25.1 Å². The van der Waals surface area contributed by atoms with E-state index in [2.05, 4.69) is 10.6 Å². The zero-order chi connectivity index (χ0) is 13.2. The molecule has 0 radical (unpaired) electrons. The molecule has 5 heteroatoms. The number of ether oxygens (including phenoxy) is 1. The molecule has 0 unspecified atom stereocenters. The van der Waals surface area contributed by atoms with Crippen LogP contribution in [0, 0.1) is 0 Å². The van der Waals surface area contributed by atoms with E-state index >= 15 is 0 Å². The van der Waals surface area contributed by atoms with Crippen LogP contribution in [0.4, 0.5) is 10.5 Å². The van der Waals surface area contributed by atoms with Crippen molar-refractivity contribution in [2.24, 2.45) is 0 Å². The van der Waals surface area contributed by atoms with Gasteiger partial charge in [-0.1, -0.05) is 12.1 Å². The van der Waals surface area contributed by atoms with Gasteiger partial charge in [0.05, 0.1) is 6.61 Å². The number of rotatable bonds is 7. The van der Waals surface area contributed by atoms with Gasteiger partial charge in [0.2, 0.25) is 0 Å². The zero-order valence-electron chi connectivity index (χ0n) is 10.6. The highest BCUT2D eigenvalue weighted by Gasteiger charge is 2.01. The van der Waals surface area contributed by atoms with E-state index in [1.807, 2.05) is 31.2 Å². The molecule has 0 heterocycles. The van der Waals surface area contributed by atoms with E-state index in [9.17, 15) is 4.79 Å². The average molecular weight is 252 g/mol. The van der Waals surface area contributed by atoms with Crippen LogP contribution in [0.3, 0.4) is 0 Å². The molecule has 0 spiro atoms. The lowest BCUT2D eigenvalue weighted by Gasteiger charge is -2.08. The predicted molar refractivity (Wildman–Crippen MR) is 70.5 cm³/mol. The van der Waals surface area contributed by atoms with E-state index in [0.717, 1.165) is 11.3 Å². The number of benzene rings is 1. The van der Waals surface area contributed by atoms with Crippen LogP contribution in [0.25, 0.3) is 0 Å². The van der Waals surface area contributed by atoms with Crippen molar-refractivity contribution in [3.63, 3.8) is 0 Å². The molecule has 18 heavy (non-hydrogen) atoms. The van der Waals surface area contributed by atoms with Crippen molar-refractivity contribution in [3.05, 3.63) is 29.8 Å². The largest absolute Gasteiger partial charge is 0.396 e. The van der Waals surface area contributed by atoms with Gasteiger partial charge in [0.1, 0.15) is 0 Å². The summed E-state index contributed by atoms with van der Waals surface area (Å²) in [5.74, 6) is 0. The van der Waals surface area contributed by atoms with Gasteiger partial charge in [0, 0.05) is 25.4 Å². The first-order valence-electron chi connectivity index (χ1n) is 6.08. The van der Waals surface area contributed by atoms with Crippen molar-refractivity contribution in [2.45, 2.75) is 20.0 Å². The van der Waals surface area contributed by atoms with Gasteiger partial charge >= 0.3 is 6.03 Å². The van der Waals surface area contributed by atoms with E-state index in [-0.39, 0.29) is 12.6 Å². The second kappa shape index (κ2) is 8.49. The summed E-state index contributed by atoms with van der Waals surface area (Å²) in [6.45, 7) is 3.68. The standard InChI is InChI=1S/C13H20N2O3/c1-2-18-10-11-5-3-6-12(9-11)15-13(17)14-7-4-8-16/h3,5-6,9,16H,2,4,7-8,10H2,1H3,(H2,14,15,17). The second-order valence-electron chi connectivity index (χ2n) is 3.80. The third kappa shape index (κ3) is 5.65. The van der Waals surface area contributed by atoms with Crippen LogP contribution in [0.15, 0.2) is 24.3 Å². The lowest BCUT2D eigenvalue weighted by atomic mass is 10.2. The smallest absolute Gasteiger partial charge is 0.319 e. The fourth-order valence-electron chi connectivity index (χ4n) is 1.42. The minimum atomic E-state index is -0.267. The minimum absolute atomic E-state index is 0.0735. The van der Waals surface area contributed by atoms with Crippen LogP contribution in [0.5, 0.6) is 0 Å². The van der Waals surface area contributed by atoms with Gasteiger partial charge < -0.3 is 20.5 Å². The Labute approximate surface area is 107 Å². The molecule has 5 nitrogen and oxygen atoms in total. The van der Waals surface area contributed by atoms with E-state index in [4.69, 9.17) is 9.84 Å². The first-order chi connectivity index (χ1) is 8.76. The Morgan fingerprint density at radius 1 is 1.44 bits per heavy atom. The van der Waals surface area contributed by atoms with Crippen molar-refractivity contribution in [3.8, 4) is 0 Å². The average Bonchev–Trinajstić information content (AvgIpc) is 2.37. The molecule has 2 amide bonds. The predicted octanol–water partition coefficient (Wildman–Crippen LogP) is 1.73. The molecule has 0 aliphatic rings. The summed E-state index contributed by atoms with van der Waals surface area (Å²) < 4.78 is 5.30. The molecule has 3 N–H and O–H groups in total. The quantitative estimate of drug-likeness (QED) is 0.647. The topological polar surface area (TPSA) is 70.6 Å². The molecule has 0 saturated carbocycles. The molecule has 0 fully saturated rings. The monoisotopic (exact) mass is 252 g/mol. The Bertz CT molecular complexity index is 369. The summed E-state index contributed by atoms with van der Waals surface area (Å²) in [5.41, 5.74) is 1.75. The molecular formula is C13H20N2O3. The minimum Gasteiger partial charge on any atom is -0.396 e. The van der Waals surface area contributed by atoms with E-state index in [1.165, 1.54) is 0 Å². The van der Waals surface area contributed by atoms with Crippen LogP contribution < -0.4 is 10.6 Å². The molecule has 0 saturated heterocycles. The molecule has 1 aromatic carbocycles. The van der Waals surface area contributed by atoms with Crippen LogP contribution in [-0.2, 0) is 11.3 Å². The SMILES string of the molecule is CCOCc1cccc(NC(=O)NCCCO)c1. The highest BCUT2D eigenvalue weighted by molar-refractivity contribution is 5.89. The third-order valence-corrected chi connectivity index (χ3v) is 2.28. The lowest BCUT2D eigenvalue weighted by Crippen LogP contribution is -2.29. The zero-order valence-corrected chi connectivity index (χ0v) is 10.6. The fraction of sp³-hybridized carbons (Fsp3) is 0.462. The fourth-order valence-corrected chi connectivity index (χ4v) is 1.42. The van der Waals surface area contributed by atoms with Gasteiger partial charge in [0.25, 0.3) is 0 Å². The van der Waals surface area contributed by atoms with Crippen LogP contribution in [0.1, 0.15) is 18.9 Å². The molecule has 1 rings (SSSR count). The number of amides is 2. The number of hydrogen-bond acceptors (Lipinski definition) is 3. The van der Waals surface area contributed by atoms with Gasteiger partial charge in [-0.25, -0.2) is 4.79 Å². The molecule has 0 aliphatic heterocycles. The van der Waals surface area contributed by atoms with Crippen LogP contribution in [0.2, 0.25) is 0 Å². The first kappa shape index (κ1) is 14.5. The van der Waals surface area contributed by atoms with Gasteiger partial charge in [0.15, 0.2) is 0 Å². The molecule has 0 atom stereocenters. The Kier molecular flexibility index (Phi) is 6.83. The molecular weight excluding hydrogens is 232 g/mol. The van der Waals surface area contributed by atoms with E-state index in [0.29, 0.717) is 26.2 Å². The van der Waals surface area contributed by atoms with E-state index in [1.54, 1.807) is 0 Å². The van der Waals surface area contributed by atoms with Crippen molar-refractivity contribution in [1.29, 1.82) is 0 Å². The van der Waals surface area contributed by atoms with Gasteiger partial charge in [-0.15, -0.1) is 0 Å². The number of aliphatic hydroxyl groups is 1. The van der Waals surface area contributed by atoms with Crippen molar-refractivity contribution in [1.82, 2.24) is 5.32 Å². The number of carbonyl (C=O) groups excluding carboxylic acids is 1.